The van der Waals surface area contributed by atoms with E-state index in [0.29, 0.717) is 11.3 Å². The molecule has 3 aromatic rings. The summed E-state index contributed by atoms with van der Waals surface area (Å²) >= 11 is 0. The minimum atomic E-state index is -1.02. The Labute approximate surface area is 109 Å². The van der Waals surface area contributed by atoms with E-state index < -0.39 is 5.97 Å². The van der Waals surface area contributed by atoms with Gasteiger partial charge in [0.05, 0.1) is 11.4 Å². The zero-order valence-corrected chi connectivity index (χ0v) is 10.2. The molecule has 0 fully saturated rings. The standard InChI is InChI=1S/C14H11N3O2/c1-9-7-13-15-11(10-5-3-2-4-6-10)8-12(14(18)19)17(13)16-9/h2-8H,1H3,(H,18,19). The van der Waals surface area contributed by atoms with Crippen LogP contribution in [0.3, 0.4) is 0 Å². The summed E-state index contributed by atoms with van der Waals surface area (Å²) in [7, 11) is 0. The van der Waals surface area contributed by atoms with E-state index in [4.69, 9.17) is 0 Å². The van der Waals surface area contributed by atoms with Gasteiger partial charge in [-0.3, -0.25) is 0 Å². The van der Waals surface area contributed by atoms with Crippen molar-refractivity contribution in [2.24, 2.45) is 0 Å². The van der Waals surface area contributed by atoms with Gasteiger partial charge in [0, 0.05) is 11.6 Å². The van der Waals surface area contributed by atoms with Gasteiger partial charge in [-0.2, -0.15) is 5.10 Å². The van der Waals surface area contributed by atoms with E-state index in [2.05, 4.69) is 10.1 Å². The molecule has 1 N–H and O–H groups in total. The largest absolute Gasteiger partial charge is 0.477 e. The summed E-state index contributed by atoms with van der Waals surface area (Å²) in [6, 6.07) is 12.8. The molecule has 0 atom stereocenters. The van der Waals surface area contributed by atoms with Gasteiger partial charge in [-0.25, -0.2) is 14.3 Å². The van der Waals surface area contributed by atoms with Crippen molar-refractivity contribution < 1.29 is 9.90 Å². The van der Waals surface area contributed by atoms with E-state index in [1.807, 2.05) is 37.3 Å². The van der Waals surface area contributed by atoms with E-state index in [1.54, 1.807) is 6.07 Å². The Morgan fingerprint density at radius 2 is 1.95 bits per heavy atom. The molecule has 0 spiro atoms. The van der Waals surface area contributed by atoms with Gasteiger partial charge < -0.3 is 5.11 Å². The molecule has 0 amide bonds. The van der Waals surface area contributed by atoms with Gasteiger partial charge in [0.25, 0.3) is 0 Å². The lowest BCUT2D eigenvalue weighted by atomic mass is 10.1. The van der Waals surface area contributed by atoms with Crippen molar-refractivity contribution in [1.29, 1.82) is 0 Å². The average molecular weight is 253 g/mol. The minimum Gasteiger partial charge on any atom is -0.477 e. The number of rotatable bonds is 2. The summed E-state index contributed by atoms with van der Waals surface area (Å²) in [5, 5.41) is 13.4. The first kappa shape index (κ1) is 11.4. The van der Waals surface area contributed by atoms with E-state index in [1.165, 1.54) is 10.6 Å². The maximum absolute atomic E-state index is 11.3. The van der Waals surface area contributed by atoms with Crippen molar-refractivity contribution in [3.8, 4) is 11.3 Å². The van der Waals surface area contributed by atoms with Crippen LogP contribution in [0.1, 0.15) is 16.2 Å². The van der Waals surface area contributed by atoms with Crippen molar-refractivity contribution in [2.45, 2.75) is 6.92 Å². The molecule has 2 heterocycles. The molecule has 0 saturated carbocycles. The van der Waals surface area contributed by atoms with Crippen LogP contribution in [-0.2, 0) is 0 Å². The Morgan fingerprint density at radius 1 is 1.21 bits per heavy atom. The lowest BCUT2D eigenvalue weighted by molar-refractivity contribution is 0.0687. The Bertz CT molecular complexity index is 763. The Kier molecular flexibility index (Phi) is 2.52. The lowest BCUT2D eigenvalue weighted by Gasteiger charge is -2.04. The highest BCUT2D eigenvalue weighted by Gasteiger charge is 2.14. The SMILES string of the molecule is Cc1cc2nc(-c3ccccc3)cc(C(=O)O)n2n1. The molecule has 0 saturated heterocycles. The fourth-order valence-corrected chi connectivity index (χ4v) is 2.00. The summed E-state index contributed by atoms with van der Waals surface area (Å²) in [6.07, 6.45) is 0. The second-order valence-electron chi connectivity index (χ2n) is 4.25. The molecule has 0 bridgehead atoms. The number of aryl methyl sites for hydroxylation is 1. The number of aromatic carboxylic acids is 1. The van der Waals surface area contributed by atoms with Gasteiger partial charge in [0.2, 0.25) is 0 Å². The summed E-state index contributed by atoms with van der Waals surface area (Å²) in [5.41, 5.74) is 2.89. The summed E-state index contributed by atoms with van der Waals surface area (Å²) in [4.78, 5) is 15.8. The second-order valence-corrected chi connectivity index (χ2v) is 4.25. The molecule has 5 nitrogen and oxygen atoms in total. The number of fused-ring (bicyclic) bond motifs is 1. The van der Waals surface area contributed by atoms with Crippen LogP contribution < -0.4 is 0 Å². The molecule has 94 valence electrons. The van der Waals surface area contributed by atoms with Crippen molar-refractivity contribution in [3.05, 3.63) is 53.9 Å². The predicted octanol–water partition coefficient (Wildman–Crippen LogP) is 2.40. The van der Waals surface area contributed by atoms with E-state index in [9.17, 15) is 9.90 Å². The first-order valence-corrected chi connectivity index (χ1v) is 5.81. The maximum atomic E-state index is 11.3. The van der Waals surface area contributed by atoms with E-state index in [-0.39, 0.29) is 5.69 Å². The number of carboxylic acids is 1. The molecule has 0 aliphatic carbocycles. The van der Waals surface area contributed by atoms with Gasteiger partial charge in [0.15, 0.2) is 11.3 Å². The molecule has 1 aromatic carbocycles. The third-order valence-corrected chi connectivity index (χ3v) is 2.84. The summed E-state index contributed by atoms with van der Waals surface area (Å²) in [6.45, 7) is 1.81. The Balaban J connectivity index is 2.30. The Morgan fingerprint density at radius 3 is 2.63 bits per heavy atom. The molecule has 0 unspecified atom stereocenters. The van der Waals surface area contributed by atoms with Crippen molar-refractivity contribution in [1.82, 2.24) is 14.6 Å². The molecule has 19 heavy (non-hydrogen) atoms. The number of aromatic nitrogens is 3. The topological polar surface area (TPSA) is 67.5 Å². The third-order valence-electron chi connectivity index (χ3n) is 2.84. The number of hydrogen-bond donors (Lipinski definition) is 1. The molecule has 0 radical (unpaired) electrons. The highest BCUT2D eigenvalue weighted by atomic mass is 16.4. The zero-order valence-electron chi connectivity index (χ0n) is 10.2. The lowest BCUT2D eigenvalue weighted by Crippen LogP contribution is -2.08. The first-order chi connectivity index (χ1) is 9.15. The normalized spacial score (nSPS) is 10.8. The minimum absolute atomic E-state index is 0.108. The van der Waals surface area contributed by atoms with Crippen LogP contribution in [0.4, 0.5) is 0 Å². The number of carbonyl (C=O) groups is 1. The van der Waals surface area contributed by atoms with Crippen LogP contribution >= 0.6 is 0 Å². The molecular weight excluding hydrogens is 242 g/mol. The van der Waals surface area contributed by atoms with Gasteiger partial charge in [-0.1, -0.05) is 30.3 Å². The zero-order chi connectivity index (χ0) is 13.4. The smallest absolute Gasteiger partial charge is 0.354 e. The third kappa shape index (κ3) is 1.95. The molecular formula is C14H11N3O2. The molecule has 5 heteroatoms. The Hall–Kier alpha value is -2.69. The number of benzene rings is 1. The van der Waals surface area contributed by atoms with Crippen LogP contribution in [0.25, 0.3) is 16.9 Å². The first-order valence-electron chi connectivity index (χ1n) is 5.81. The molecule has 0 aliphatic heterocycles. The molecule has 3 rings (SSSR count). The van der Waals surface area contributed by atoms with Crippen LogP contribution in [0.5, 0.6) is 0 Å². The number of nitrogens with zero attached hydrogens (tertiary/aromatic N) is 3. The van der Waals surface area contributed by atoms with Crippen LogP contribution in [0, 0.1) is 6.92 Å². The predicted molar refractivity (Wildman–Crippen MR) is 70.1 cm³/mol. The van der Waals surface area contributed by atoms with Crippen molar-refractivity contribution in [3.63, 3.8) is 0 Å². The van der Waals surface area contributed by atoms with E-state index in [0.717, 1.165) is 11.3 Å². The van der Waals surface area contributed by atoms with Crippen molar-refractivity contribution >= 4 is 11.6 Å². The number of carboxylic acid groups (broad SMARTS) is 1. The highest BCUT2D eigenvalue weighted by Crippen LogP contribution is 2.19. The van der Waals surface area contributed by atoms with Crippen LogP contribution in [-0.4, -0.2) is 25.7 Å². The van der Waals surface area contributed by atoms with E-state index >= 15 is 0 Å². The van der Waals surface area contributed by atoms with Gasteiger partial charge in [-0.05, 0) is 13.0 Å². The van der Waals surface area contributed by atoms with Gasteiger partial charge in [0.1, 0.15) is 0 Å². The fraction of sp³-hybridized carbons (Fsp3) is 0.0714. The molecule has 0 aliphatic rings. The highest BCUT2D eigenvalue weighted by molar-refractivity contribution is 5.88. The average Bonchev–Trinajstić information content (AvgIpc) is 2.78. The van der Waals surface area contributed by atoms with Crippen molar-refractivity contribution in [2.75, 3.05) is 0 Å². The molecule has 2 aromatic heterocycles. The summed E-state index contributed by atoms with van der Waals surface area (Å²) in [5.74, 6) is -1.02. The van der Waals surface area contributed by atoms with Crippen LogP contribution in [0.15, 0.2) is 42.5 Å². The quantitative estimate of drug-likeness (QED) is 0.761. The summed E-state index contributed by atoms with van der Waals surface area (Å²) < 4.78 is 1.35. The van der Waals surface area contributed by atoms with Gasteiger partial charge >= 0.3 is 5.97 Å². The maximum Gasteiger partial charge on any atom is 0.354 e. The fourth-order valence-electron chi connectivity index (χ4n) is 2.00. The second kappa shape index (κ2) is 4.20. The number of hydrogen-bond acceptors (Lipinski definition) is 3. The van der Waals surface area contributed by atoms with Gasteiger partial charge in [-0.15, -0.1) is 0 Å². The monoisotopic (exact) mass is 253 g/mol. The van der Waals surface area contributed by atoms with Crippen LogP contribution in [0.2, 0.25) is 0 Å².